The van der Waals surface area contributed by atoms with E-state index in [0.29, 0.717) is 25.3 Å². The van der Waals surface area contributed by atoms with Gasteiger partial charge in [-0.2, -0.15) is 18.2 Å². The number of anilines is 2. The highest BCUT2D eigenvalue weighted by Gasteiger charge is 2.29. The normalized spacial score (nSPS) is 20.1. The van der Waals surface area contributed by atoms with Gasteiger partial charge in [0.15, 0.2) is 5.82 Å². The van der Waals surface area contributed by atoms with Crippen molar-refractivity contribution in [3.05, 3.63) is 48.4 Å². The van der Waals surface area contributed by atoms with Gasteiger partial charge < -0.3 is 15.8 Å². The van der Waals surface area contributed by atoms with Crippen LogP contribution in [0.2, 0.25) is 0 Å². The number of likely N-dealkylation sites (tertiary alicyclic amines) is 1. The van der Waals surface area contributed by atoms with Crippen molar-refractivity contribution < 1.29 is 13.2 Å². The highest BCUT2D eigenvalue weighted by Crippen LogP contribution is 2.26. The molecule has 0 unspecified atom stereocenters. The molecule has 2 atom stereocenters. The van der Waals surface area contributed by atoms with Crippen molar-refractivity contribution in [1.82, 2.24) is 24.2 Å². The zero-order valence-electron chi connectivity index (χ0n) is 17.1. The largest absolute Gasteiger partial charge is 0.497 e. The lowest BCUT2D eigenvalue weighted by Gasteiger charge is -2.36. The lowest BCUT2D eigenvalue weighted by atomic mass is 10.0. The smallest absolute Gasteiger partial charge is 0.274 e. The van der Waals surface area contributed by atoms with Gasteiger partial charge in [0.05, 0.1) is 13.2 Å². The Morgan fingerprint density at radius 1 is 1.32 bits per heavy atom. The van der Waals surface area contributed by atoms with Gasteiger partial charge >= 0.3 is 0 Å². The molecular formula is C19H26N8O3S. The van der Waals surface area contributed by atoms with E-state index in [1.165, 1.54) is 6.33 Å². The maximum absolute atomic E-state index is 11.5. The third-order valence-corrected chi connectivity index (χ3v) is 5.96. The van der Waals surface area contributed by atoms with E-state index in [2.05, 4.69) is 25.0 Å². The predicted molar refractivity (Wildman–Crippen MR) is 117 cm³/mol. The molecule has 0 spiro atoms. The van der Waals surface area contributed by atoms with Crippen LogP contribution in [0.25, 0.3) is 5.52 Å². The van der Waals surface area contributed by atoms with E-state index in [9.17, 15) is 8.42 Å². The molecule has 1 aliphatic rings. The van der Waals surface area contributed by atoms with E-state index in [4.69, 9.17) is 15.6 Å². The van der Waals surface area contributed by atoms with Crippen molar-refractivity contribution in [3.63, 3.8) is 0 Å². The Bertz CT molecular complexity index is 1170. The molecule has 3 heterocycles. The molecule has 31 heavy (non-hydrogen) atoms. The van der Waals surface area contributed by atoms with Gasteiger partial charge in [0.25, 0.3) is 10.2 Å². The second-order valence-electron chi connectivity index (χ2n) is 7.56. The molecule has 3 aromatic rings. The van der Waals surface area contributed by atoms with Crippen molar-refractivity contribution in [3.8, 4) is 5.75 Å². The summed E-state index contributed by atoms with van der Waals surface area (Å²) in [5.41, 5.74) is 8.79. The average molecular weight is 447 g/mol. The first-order valence-electron chi connectivity index (χ1n) is 9.82. The zero-order valence-corrected chi connectivity index (χ0v) is 17.9. The number of nitrogens with one attached hydrogen (secondary N) is 2. The Morgan fingerprint density at radius 3 is 2.94 bits per heavy atom. The number of rotatable bonds is 7. The summed E-state index contributed by atoms with van der Waals surface area (Å²) in [6, 6.07) is 8.84. The molecule has 0 radical (unpaired) electrons. The van der Waals surface area contributed by atoms with Gasteiger partial charge in [-0.05, 0) is 30.2 Å². The fraction of sp³-hybridized carbons (Fsp3) is 0.368. The number of methoxy groups -OCH3 is 1. The summed E-state index contributed by atoms with van der Waals surface area (Å²) in [5.74, 6) is 1.40. The molecule has 2 aromatic heterocycles. The van der Waals surface area contributed by atoms with Crippen molar-refractivity contribution in [2.24, 2.45) is 10.9 Å². The van der Waals surface area contributed by atoms with Gasteiger partial charge in [0, 0.05) is 43.6 Å². The minimum absolute atomic E-state index is 0.283. The SMILES string of the molecule is COc1cccc(Nc2ncnn3ccc(CN4CC[C@@H](N)[C@@H](NS(N)(=O)=O)C4)c23)c1. The number of fused-ring (bicyclic) bond motifs is 1. The quantitative estimate of drug-likeness (QED) is 0.401. The molecule has 0 amide bonds. The van der Waals surface area contributed by atoms with Crippen LogP contribution in [0.5, 0.6) is 5.75 Å². The molecule has 6 N–H and O–H groups in total. The molecule has 1 aliphatic heterocycles. The molecule has 4 rings (SSSR count). The maximum atomic E-state index is 11.5. The Kier molecular flexibility index (Phi) is 6.07. The first-order chi connectivity index (χ1) is 14.8. The molecule has 166 valence electrons. The van der Waals surface area contributed by atoms with Gasteiger partial charge in [0.1, 0.15) is 17.6 Å². The van der Waals surface area contributed by atoms with Crippen LogP contribution in [0.3, 0.4) is 0 Å². The fourth-order valence-electron chi connectivity index (χ4n) is 3.83. The van der Waals surface area contributed by atoms with E-state index in [1.54, 1.807) is 11.6 Å². The standard InChI is InChI=1S/C19H26N8O3S/c1-30-15-4-2-3-14(9-15)24-19-18-13(5-8-27(18)23-12-22-19)10-26-7-6-16(20)17(11-26)25-31(21,28)29/h2-5,8-9,12,16-17,25H,6-7,10-11,20H2,1H3,(H2,21,28,29)(H,22,23,24)/t16-,17+/m1/s1. The van der Waals surface area contributed by atoms with Crippen LogP contribution in [-0.2, 0) is 16.8 Å². The summed E-state index contributed by atoms with van der Waals surface area (Å²) in [7, 11) is -2.20. The summed E-state index contributed by atoms with van der Waals surface area (Å²) < 4.78 is 32.4. The highest BCUT2D eigenvalue weighted by molar-refractivity contribution is 7.87. The van der Waals surface area contributed by atoms with Crippen LogP contribution in [0.15, 0.2) is 42.9 Å². The van der Waals surface area contributed by atoms with Gasteiger partial charge in [-0.25, -0.2) is 14.6 Å². The summed E-state index contributed by atoms with van der Waals surface area (Å²) in [4.78, 5) is 6.57. The monoisotopic (exact) mass is 446 g/mol. The lowest BCUT2D eigenvalue weighted by molar-refractivity contribution is 0.178. The lowest BCUT2D eigenvalue weighted by Crippen LogP contribution is -2.58. The third kappa shape index (κ3) is 5.11. The summed E-state index contributed by atoms with van der Waals surface area (Å²) in [5, 5.41) is 12.8. The van der Waals surface area contributed by atoms with Crippen molar-refractivity contribution >= 4 is 27.2 Å². The van der Waals surface area contributed by atoms with Gasteiger partial charge in [-0.3, -0.25) is 4.90 Å². The maximum Gasteiger partial charge on any atom is 0.274 e. The van der Waals surface area contributed by atoms with Crippen LogP contribution in [0.1, 0.15) is 12.0 Å². The Hall–Kier alpha value is -2.77. The number of hydrogen-bond donors (Lipinski definition) is 4. The zero-order chi connectivity index (χ0) is 22.0. The number of ether oxygens (including phenoxy) is 1. The number of nitrogens with zero attached hydrogens (tertiary/aromatic N) is 4. The van der Waals surface area contributed by atoms with Gasteiger partial charge in [-0.15, -0.1) is 0 Å². The Labute approximate surface area is 180 Å². The number of hydrogen-bond acceptors (Lipinski definition) is 8. The second kappa shape index (κ2) is 8.77. The number of aromatic nitrogens is 3. The highest BCUT2D eigenvalue weighted by atomic mass is 32.2. The number of nitrogens with two attached hydrogens (primary N) is 2. The third-order valence-electron chi connectivity index (χ3n) is 5.33. The molecule has 1 aromatic carbocycles. The molecular weight excluding hydrogens is 420 g/mol. The van der Waals surface area contributed by atoms with Crippen LogP contribution in [-0.4, -0.2) is 60.2 Å². The summed E-state index contributed by atoms with van der Waals surface area (Å²) >= 11 is 0. The van der Waals surface area contributed by atoms with E-state index in [0.717, 1.165) is 29.1 Å². The van der Waals surface area contributed by atoms with E-state index in [1.807, 2.05) is 36.5 Å². The average Bonchev–Trinajstić information content (AvgIpc) is 3.13. The van der Waals surface area contributed by atoms with Crippen LogP contribution in [0, 0.1) is 0 Å². The number of benzene rings is 1. The minimum atomic E-state index is -3.82. The molecule has 1 fully saturated rings. The molecule has 12 heteroatoms. The molecule has 0 bridgehead atoms. The topological polar surface area (TPSA) is 153 Å². The van der Waals surface area contributed by atoms with E-state index < -0.39 is 16.3 Å². The molecule has 1 saturated heterocycles. The Morgan fingerprint density at radius 2 is 2.16 bits per heavy atom. The minimum Gasteiger partial charge on any atom is -0.497 e. The van der Waals surface area contributed by atoms with Crippen LogP contribution >= 0.6 is 0 Å². The molecule has 11 nitrogen and oxygen atoms in total. The van der Waals surface area contributed by atoms with Crippen molar-refractivity contribution in [2.45, 2.75) is 25.0 Å². The second-order valence-corrected chi connectivity index (χ2v) is 8.88. The molecule has 0 aliphatic carbocycles. The van der Waals surface area contributed by atoms with Crippen LogP contribution in [0.4, 0.5) is 11.5 Å². The van der Waals surface area contributed by atoms with E-state index >= 15 is 0 Å². The van der Waals surface area contributed by atoms with Gasteiger partial charge in [0.2, 0.25) is 0 Å². The predicted octanol–water partition coefficient (Wildman–Crippen LogP) is 0.176. The van der Waals surface area contributed by atoms with Crippen molar-refractivity contribution in [1.29, 1.82) is 0 Å². The first kappa shape index (κ1) is 21.5. The summed E-state index contributed by atoms with van der Waals surface area (Å²) in [6.45, 7) is 1.79. The fourth-order valence-corrected chi connectivity index (χ4v) is 4.50. The Balaban J connectivity index is 1.57. The van der Waals surface area contributed by atoms with Gasteiger partial charge in [-0.1, -0.05) is 6.07 Å². The molecule has 0 saturated carbocycles. The van der Waals surface area contributed by atoms with Crippen LogP contribution < -0.4 is 25.6 Å². The van der Waals surface area contributed by atoms with Crippen molar-refractivity contribution in [2.75, 3.05) is 25.5 Å². The first-order valence-corrected chi connectivity index (χ1v) is 11.4. The number of piperidine rings is 1. The van der Waals surface area contributed by atoms with E-state index in [-0.39, 0.29) is 6.04 Å². The summed E-state index contributed by atoms with van der Waals surface area (Å²) in [6.07, 6.45) is 4.02.